The molecule has 0 fully saturated rings. The molecule has 1 aromatic heterocycles. The smallest absolute Gasteiger partial charge is 0.282 e. The van der Waals surface area contributed by atoms with E-state index in [0.717, 1.165) is 29.7 Å². The first kappa shape index (κ1) is 15.2. The molecular weight excluding hydrogens is 278 g/mol. The van der Waals surface area contributed by atoms with E-state index >= 15 is 0 Å². The Morgan fingerprint density at radius 2 is 2.14 bits per heavy atom. The van der Waals surface area contributed by atoms with Gasteiger partial charge < -0.3 is 0 Å². The van der Waals surface area contributed by atoms with E-state index in [-0.39, 0.29) is 11.3 Å². The number of hydrogen-bond donors (Lipinski definition) is 0. The lowest BCUT2D eigenvalue weighted by atomic mass is 10.1. The third-order valence-corrected chi connectivity index (χ3v) is 3.43. The molecule has 21 heavy (non-hydrogen) atoms. The van der Waals surface area contributed by atoms with Crippen molar-refractivity contribution in [1.82, 2.24) is 9.36 Å². The van der Waals surface area contributed by atoms with Crippen LogP contribution in [0.1, 0.15) is 28.9 Å². The van der Waals surface area contributed by atoms with E-state index in [2.05, 4.69) is 6.58 Å². The number of rotatable bonds is 5. The molecule has 112 valence electrons. The summed E-state index contributed by atoms with van der Waals surface area (Å²) in [5, 5.41) is 0. The Morgan fingerprint density at radius 3 is 2.76 bits per heavy atom. The van der Waals surface area contributed by atoms with Gasteiger partial charge in [0.1, 0.15) is 18.1 Å². The van der Waals surface area contributed by atoms with Gasteiger partial charge in [0.15, 0.2) is 6.29 Å². The summed E-state index contributed by atoms with van der Waals surface area (Å²) in [6.45, 7) is 2.84. The topological polar surface area (TPSA) is 44.0 Å². The number of alkyl halides is 1. The van der Waals surface area contributed by atoms with Gasteiger partial charge in [-0.3, -0.25) is 14.3 Å². The third kappa shape index (κ3) is 2.79. The van der Waals surface area contributed by atoms with Crippen LogP contribution in [0, 0.1) is 0 Å². The van der Waals surface area contributed by atoms with Gasteiger partial charge in [-0.1, -0.05) is 12.7 Å². The van der Waals surface area contributed by atoms with Crippen LogP contribution < -0.4 is 5.56 Å². The zero-order valence-electron chi connectivity index (χ0n) is 11.5. The van der Waals surface area contributed by atoms with Gasteiger partial charge in [0.05, 0.1) is 11.4 Å². The molecule has 0 amide bonds. The van der Waals surface area contributed by atoms with Gasteiger partial charge in [0.25, 0.3) is 5.56 Å². The van der Waals surface area contributed by atoms with Crippen molar-refractivity contribution in [3.05, 3.63) is 52.2 Å². The van der Waals surface area contributed by atoms with E-state index in [4.69, 9.17) is 0 Å². The Labute approximate surface area is 120 Å². The van der Waals surface area contributed by atoms with Crippen molar-refractivity contribution in [3.63, 3.8) is 0 Å². The molecule has 0 aromatic carbocycles. The van der Waals surface area contributed by atoms with E-state index in [0.29, 0.717) is 24.9 Å². The van der Waals surface area contributed by atoms with Crippen LogP contribution in [0.4, 0.5) is 8.78 Å². The summed E-state index contributed by atoms with van der Waals surface area (Å²) < 4.78 is 29.4. The van der Waals surface area contributed by atoms with E-state index in [1.807, 2.05) is 0 Å². The van der Waals surface area contributed by atoms with Crippen LogP contribution in [0.2, 0.25) is 0 Å². The van der Waals surface area contributed by atoms with E-state index in [9.17, 15) is 18.4 Å². The quantitative estimate of drug-likeness (QED) is 0.619. The number of carbonyl (C=O) groups excluding carboxylic acids is 1. The molecule has 2 heterocycles. The maximum Gasteiger partial charge on any atom is 0.282 e. The summed E-state index contributed by atoms with van der Waals surface area (Å²) in [4.78, 5) is 23.4. The fraction of sp³-hybridized carbons (Fsp3) is 0.333. The van der Waals surface area contributed by atoms with Crippen LogP contribution in [0.15, 0.2) is 35.4 Å². The first-order valence-electron chi connectivity index (χ1n) is 6.69. The SMILES string of the molecule is C=C/C=C(F)\C=C(/CF)n1c(=O)c(C=O)c2n1CCCC2. The second-order valence-corrected chi connectivity index (χ2v) is 4.73. The molecule has 1 aliphatic rings. The van der Waals surface area contributed by atoms with Crippen LogP contribution in [0.3, 0.4) is 0 Å². The van der Waals surface area contributed by atoms with Crippen molar-refractivity contribution in [1.29, 1.82) is 0 Å². The Hall–Kier alpha value is -2.24. The fourth-order valence-electron chi connectivity index (χ4n) is 2.54. The van der Waals surface area contributed by atoms with Gasteiger partial charge in [0, 0.05) is 6.54 Å². The minimum absolute atomic E-state index is 0.0298. The van der Waals surface area contributed by atoms with Crippen LogP contribution in [-0.2, 0) is 13.0 Å². The first-order valence-corrected chi connectivity index (χ1v) is 6.69. The van der Waals surface area contributed by atoms with Crippen LogP contribution in [0.25, 0.3) is 5.70 Å². The molecular formula is C15H16F2N2O2. The summed E-state index contributed by atoms with van der Waals surface area (Å²) in [6.07, 6.45) is 6.01. The number of nitrogens with zero attached hydrogens (tertiary/aromatic N) is 2. The van der Waals surface area contributed by atoms with Gasteiger partial charge in [0.2, 0.25) is 0 Å². The Balaban J connectivity index is 2.65. The summed E-state index contributed by atoms with van der Waals surface area (Å²) in [5.74, 6) is -0.705. The third-order valence-electron chi connectivity index (χ3n) is 3.43. The van der Waals surface area contributed by atoms with E-state index in [1.165, 1.54) is 6.08 Å². The molecule has 1 aliphatic heterocycles. The van der Waals surface area contributed by atoms with Crippen molar-refractivity contribution in [2.75, 3.05) is 6.67 Å². The Morgan fingerprint density at radius 1 is 1.38 bits per heavy atom. The average Bonchev–Trinajstić information content (AvgIpc) is 2.76. The van der Waals surface area contributed by atoms with Crippen LogP contribution >= 0.6 is 0 Å². The predicted octanol–water partition coefficient (Wildman–Crippen LogP) is 2.65. The molecule has 0 atom stereocenters. The molecule has 0 bridgehead atoms. The number of halogens is 2. The molecule has 4 nitrogen and oxygen atoms in total. The molecule has 0 radical (unpaired) electrons. The van der Waals surface area contributed by atoms with Crippen molar-refractivity contribution in [2.45, 2.75) is 25.8 Å². The largest absolute Gasteiger partial charge is 0.298 e. The zero-order chi connectivity index (χ0) is 15.4. The highest BCUT2D eigenvalue weighted by molar-refractivity contribution is 5.76. The number of aromatic nitrogens is 2. The number of fused-ring (bicyclic) bond motifs is 1. The summed E-state index contributed by atoms with van der Waals surface area (Å²) >= 11 is 0. The average molecular weight is 294 g/mol. The fourth-order valence-corrected chi connectivity index (χ4v) is 2.54. The second-order valence-electron chi connectivity index (χ2n) is 4.73. The molecule has 0 spiro atoms. The maximum atomic E-state index is 13.5. The summed E-state index contributed by atoms with van der Waals surface area (Å²) in [7, 11) is 0. The number of allylic oxidation sites excluding steroid dienone is 5. The number of aldehydes is 1. The standard InChI is InChI=1S/C15H16F2N2O2/c1-2-5-11(17)8-12(9-16)19-15(21)13(10-20)14-6-3-4-7-18(14)19/h2,5,8,10H,1,3-4,6-7,9H2/b11-5+,12-8+. The van der Waals surface area contributed by atoms with Crippen LogP contribution in [0.5, 0.6) is 0 Å². The molecule has 0 N–H and O–H groups in total. The highest BCUT2D eigenvalue weighted by Gasteiger charge is 2.23. The van der Waals surface area contributed by atoms with Crippen molar-refractivity contribution in [3.8, 4) is 0 Å². The van der Waals surface area contributed by atoms with Gasteiger partial charge >= 0.3 is 0 Å². The molecule has 1 aromatic rings. The highest BCUT2D eigenvalue weighted by atomic mass is 19.1. The van der Waals surface area contributed by atoms with Crippen LogP contribution in [-0.4, -0.2) is 22.3 Å². The first-order chi connectivity index (χ1) is 10.1. The lowest BCUT2D eigenvalue weighted by molar-refractivity contribution is 0.112. The Kier molecular flexibility index (Phi) is 4.67. The second kappa shape index (κ2) is 6.47. The molecule has 0 aliphatic carbocycles. The van der Waals surface area contributed by atoms with E-state index in [1.54, 1.807) is 4.68 Å². The van der Waals surface area contributed by atoms with Gasteiger partial charge in [-0.2, -0.15) is 0 Å². The van der Waals surface area contributed by atoms with Gasteiger partial charge in [-0.05, 0) is 31.4 Å². The summed E-state index contributed by atoms with van der Waals surface area (Å²) in [5.41, 5.74) is -0.111. The van der Waals surface area contributed by atoms with E-state index < -0.39 is 18.1 Å². The summed E-state index contributed by atoms with van der Waals surface area (Å²) in [6, 6.07) is 0. The zero-order valence-corrected chi connectivity index (χ0v) is 11.5. The monoisotopic (exact) mass is 294 g/mol. The normalized spacial score (nSPS) is 15.7. The molecule has 0 unspecified atom stereocenters. The van der Waals surface area contributed by atoms with Crippen molar-refractivity contribution < 1.29 is 13.6 Å². The lowest BCUT2D eigenvalue weighted by Gasteiger charge is -2.19. The van der Waals surface area contributed by atoms with Crippen molar-refractivity contribution >= 4 is 12.0 Å². The number of carbonyl (C=O) groups is 1. The molecule has 2 rings (SSSR count). The van der Waals surface area contributed by atoms with Gasteiger partial charge in [-0.25, -0.2) is 13.5 Å². The minimum Gasteiger partial charge on any atom is -0.298 e. The maximum absolute atomic E-state index is 13.5. The van der Waals surface area contributed by atoms with Crippen molar-refractivity contribution in [2.24, 2.45) is 0 Å². The molecule has 0 saturated carbocycles. The molecule has 0 saturated heterocycles. The van der Waals surface area contributed by atoms with Gasteiger partial charge in [-0.15, -0.1) is 0 Å². The highest BCUT2D eigenvalue weighted by Crippen LogP contribution is 2.19. The Bertz CT molecular complexity index is 681. The predicted molar refractivity (Wildman–Crippen MR) is 76.7 cm³/mol. The lowest BCUT2D eigenvalue weighted by Crippen LogP contribution is -2.25. The minimum atomic E-state index is -1.01. The number of hydrogen-bond acceptors (Lipinski definition) is 2. The molecule has 6 heteroatoms.